The Bertz CT molecular complexity index is 1340. The van der Waals surface area contributed by atoms with Crippen LogP contribution in [0.3, 0.4) is 0 Å². The predicted molar refractivity (Wildman–Crippen MR) is 145 cm³/mol. The summed E-state index contributed by atoms with van der Waals surface area (Å²) in [5.74, 6) is 1.85. The maximum Gasteiger partial charge on any atom is 0.256 e. The third-order valence-electron chi connectivity index (χ3n) is 8.09. The molecule has 0 spiro atoms. The van der Waals surface area contributed by atoms with Crippen LogP contribution in [0.25, 0.3) is 0 Å². The average molecular weight is 485 g/mol. The number of carbonyl (C=O) groups is 1. The number of aromatic nitrogens is 1. The molecule has 7 nitrogen and oxygen atoms in total. The van der Waals surface area contributed by atoms with E-state index in [1.54, 1.807) is 7.11 Å². The van der Waals surface area contributed by atoms with Gasteiger partial charge in [0.15, 0.2) is 11.4 Å². The van der Waals surface area contributed by atoms with Crippen LogP contribution in [0.5, 0.6) is 5.75 Å². The van der Waals surface area contributed by atoms with Crippen molar-refractivity contribution in [2.24, 2.45) is 0 Å². The Hall–Kier alpha value is -3.42. The molecular weight excluding hydrogens is 450 g/mol. The first-order chi connectivity index (χ1) is 17.4. The molecule has 0 saturated carbocycles. The van der Waals surface area contributed by atoms with Gasteiger partial charge >= 0.3 is 0 Å². The first-order valence-electron chi connectivity index (χ1n) is 12.8. The zero-order chi connectivity index (χ0) is 25.0. The van der Waals surface area contributed by atoms with Crippen LogP contribution in [0.15, 0.2) is 48.5 Å². The highest BCUT2D eigenvalue weighted by Gasteiger charge is 2.51. The van der Waals surface area contributed by atoms with Crippen LogP contribution in [-0.2, 0) is 0 Å². The van der Waals surface area contributed by atoms with Gasteiger partial charge in [0, 0.05) is 61.5 Å². The van der Waals surface area contributed by atoms with Crippen molar-refractivity contribution in [2.45, 2.75) is 19.8 Å². The van der Waals surface area contributed by atoms with Crippen LogP contribution in [0.4, 0.5) is 22.9 Å². The number of amides is 1. The fourth-order valence-corrected chi connectivity index (χ4v) is 5.69. The van der Waals surface area contributed by atoms with E-state index in [4.69, 9.17) is 9.72 Å². The molecule has 7 heteroatoms. The number of piperazine rings is 1. The van der Waals surface area contributed by atoms with Gasteiger partial charge in [-0.15, -0.1) is 0 Å². The second kappa shape index (κ2) is 8.61. The van der Waals surface area contributed by atoms with E-state index in [2.05, 4.69) is 65.5 Å². The maximum absolute atomic E-state index is 13.0. The summed E-state index contributed by atoms with van der Waals surface area (Å²) < 4.78 is 6.60. The van der Waals surface area contributed by atoms with Crippen molar-refractivity contribution < 1.29 is 9.53 Å². The van der Waals surface area contributed by atoms with Crippen LogP contribution in [0.2, 0.25) is 0 Å². The van der Waals surface area contributed by atoms with Crippen molar-refractivity contribution in [3.8, 4) is 5.75 Å². The van der Waals surface area contributed by atoms with Gasteiger partial charge in [0.2, 0.25) is 5.82 Å². The monoisotopic (exact) mass is 484 g/mol. The van der Waals surface area contributed by atoms with Crippen LogP contribution in [0.1, 0.15) is 40.0 Å². The molecule has 1 unspecified atom stereocenters. The van der Waals surface area contributed by atoms with Crippen molar-refractivity contribution >= 4 is 28.8 Å². The predicted octanol–water partition coefficient (Wildman–Crippen LogP) is 4.52. The minimum atomic E-state index is -0.0642. The van der Waals surface area contributed by atoms with Crippen molar-refractivity contribution in [2.75, 3.05) is 63.6 Å². The Morgan fingerprint density at radius 1 is 1.03 bits per heavy atom. The molecule has 36 heavy (non-hydrogen) atoms. The zero-order valence-corrected chi connectivity index (χ0v) is 21.5. The summed E-state index contributed by atoms with van der Waals surface area (Å²) in [7, 11) is 3.93. The first-order valence-corrected chi connectivity index (χ1v) is 12.8. The molecule has 3 aromatic rings. The maximum atomic E-state index is 13.0. The molecule has 2 saturated heterocycles. The number of hydrogen-bond donors (Lipinski definition) is 1. The molecule has 2 fully saturated rings. The summed E-state index contributed by atoms with van der Waals surface area (Å²) in [4.78, 5) is 23.0. The molecular formula is C29H34N5O2+. The normalized spacial score (nSPS) is 20.7. The van der Waals surface area contributed by atoms with Gasteiger partial charge in [-0.05, 0) is 37.7 Å². The van der Waals surface area contributed by atoms with Gasteiger partial charge in [-0.2, -0.15) is 4.98 Å². The van der Waals surface area contributed by atoms with Crippen LogP contribution in [0, 0.1) is 6.92 Å². The van der Waals surface area contributed by atoms with E-state index in [9.17, 15) is 4.79 Å². The smallest absolute Gasteiger partial charge is 0.256 e. The summed E-state index contributed by atoms with van der Waals surface area (Å²) in [5.41, 5.74) is 6.90. The Kier molecular flexibility index (Phi) is 5.50. The van der Waals surface area contributed by atoms with E-state index in [-0.39, 0.29) is 11.8 Å². The third-order valence-corrected chi connectivity index (χ3v) is 8.09. The van der Waals surface area contributed by atoms with E-state index < -0.39 is 0 Å². The summed E-state index contributed by atoms with van der Waals surface area (Å²) in [6, 6.07) is 16.8. The highest BCUT2D eigenvalue weighted by molar-refractivity contribution is 6.07. The van der Waals surface area contributed by atoms with Crippen LogP contribution >= 0.6 is 0 Å². The molecule has 6 rings (SSSR count). The standard InChI is InChI=1S/C29H33N5O2/c1-19-5-7-22-20(2)28-24(30-29(35)23(22)17-19)8-10-27(31-28)34(15-16-34)25-9-6-21(18-26(25)36-4)33-13-11-32(3)12-14-33/h5-10,17-18,20H,11-16H2,1-4H3/p+1. The van der Waals surface area contributed by atoms with Gasteiger partial charge in [-0.1, -0.05) is 24.6 Å². The number of pyridine rings is 1. The Morgan fingerprint density at radius 3 is 2.53 bits per heavy atom. The highest BCUT2D eigenvalue weighted by atomic mass is 16.5. The Balaban J connectivity index is 1.37. The molecule has 186 valence electrons. The fraction of sp³-hybridized carbons (Fsp3) is 0.379. The van der Waals surface area contributed by atoms with E-state index in [1.165, 1.54) is 5.69 Å². The number of nitrogens with zero attached hydrogens (tertiary/aromatic N) is 4. The molecule has 0 aliphatic carbocycles. The lowest BCUT2D eigenvalue weighted by Crippen LogP contribution is -2.44. The summed E-state index contributed by atoms with van der Waals surface area (Å²) >= 11 is 0. The van der Waals surface area contributed by atoms with E-state index >= 15 is 0 Å². The Morgan fingerprint density at radius 2 is 1.81 bits per heavy atom. The van der Waals surface area contributed by atoms with Crippen LogP contribution in [-0.4, -0.2) is 69.2 Å². The summed E-state index contributed by atoms with van der Waals surface area (Å²) in [6.07, 6.45) is 0. The van der Waals surface area contributed by atoms with Crippen molar-refractivity contribution in [3.63, 3.8) is 0 Å². The molecule has 0 radical (unpaired) electrons. The van der Waals surface area contributed by atoms with E-state index in [0.29, 0.717) is 4.48 Å². The summed E-state index contributed by atoms with van der Waals surface area (Å²) in [6.45, 7) is 10.3. The number of anilines is 2. The number of aryl methyl sites for hydroxylation is 1. The molecule has 3 aliphatic rings. The zero-order valence-electron chi connectivity index (χ0n) is 21.5. The minimum Gasteiger partial charge on any atom is -0.491 e. The number of methoxy groups -OCH3 is 1. The molecule has 1 atom stereocenters. The third kappa shape index (κ3) is 3.74. The number of likely N-dealkylation sites (N-methyl/N-ethyl adjacent to an activating group) is 1. The lowest BCUT2D eigenvalue weighted by Gasteiger charge is -2.34. The first kappa shape index (κ1) is 23.0. The molecule has 1 amide bonds. The topological polar surface area (TPSA) is 57.7 Å². The number of carbonyl (C=O) groups excluding carboxylic acids is 1. The lowest BCUT2D eigenvalue weighted by atomic mass is 9.92. The van der Waals surface area contributed by atoms with Crippen molar-refractivity contribution in [1.82, 2.24) is 14.4 Å². The number of hydrogen-bond acceptors (Lipinski definition) is 5. The molecule has 1 N–H and O–H groups in total. The van der Waals surface area contributed by atoms with Gasteiger partial charge in [0.1, 0.15) is 13.1 Å². The average Bonchev–Trinajstić information content (AvgIpc) is 3.71. The van der Waals surface area contributed by atoms with Gasteiger partial charge < -0.3 is 19.9 Å². The number of ether oxygens (including phenoxy) is 1. The number of fused-ring (bicyclic) bond motifs is 2. The molecule has 1 aromatic heterocycles. The molecule has 4 heterocycles. The lowest BCUT2D eigenvalue weighted by molar-refractivity contribution is 0.102. The highest BCUT2D eigenvalue weighted by Crippen LogP contribution is 2.49. The van der Waals surface area contributed by atoms with Gasteiger partial charge in [0.05, 0.1) is 18.5 Å². The van der Waals surface area contributed by atoms with Crippen molar-refractivity contribution in [3.05, 3.63) is 70.9 Å². The van der Waals surface area contributed by atoms with Gasteiger partial charge in [-0.25, -0.2) is 4.48 Å². The quantitative estimate of drug-likeness (QED) is 0.436. The van der Waals surface area contributed by atoms with Crippen LogP contribution < -0.4 is 19.4 Å². The summed E-state index contributed by atoms with van der Waals surface area (Å²) in [5, 5.41) is 3.10. The van der Waals surface area contributed by atoms with E-state index in [0.717, 1.165) is 84.6 Å². The number of quaternary nitrogens is 1. The number of benzene rings is 2. The largest absolute Gasteiger partial charge is 0.491 e. The second-order valence-corrected chi connectivity index (χ2v) is 10.4. The molecule has 0 bridgehead atoms. The molecule has 3 aliphatic heterocycles. The minimum absolute atomic E-state index is 0.0102. The van der Waals surface area contributed by atoms with E-state index in [1.807, 2.05) is 19.1 Å². The second-order valence-electron chi connectivity index (χ2n) is 10.4. The SMILES string of the molecule is COc1cc(N2CCN(C)CC2)ccc1[N+]1(c2ccc3c(n2)C(C)c2ccc(C)cc2C(=O)N3)CC1. The fourth-order valence-electron chi connectivity index (χ4n) is 5.69. The van der Waals surface area contributed by atoms with Gasteiger partial charge in [0.25, 0.3) is 5.91 Å². The Labute approximate surface area is 212 Å². The number of rotatable bonds is 4. The molecule has 2 aromatic carbocycles. The number of nitrogens with one attached hydrogen (secondary N) is 1. The van der Waals surface area contributed by atoms with Gasteiger partial charge in [-0.3, -0.25) is 4.79 Å². The van der Waals surface area contributed by atoms with Crippen molar-refractivity contribution in [1.29, 1.82) is 0 Å².